The molecule has 152 valence electrons. The van der Waals surface area contributed by atoms with Crippen LogP contribution in [0.1, 0.15) is 36.7 Å². The molecule has 0 amide bonds. The molecule has 0 bridgehead atoms. The summed E-state index contributed by atoms with van der Waals surface area (Å²) in [4.78, 5) is 12.9. The van der Waals surface area contributed by atoms with Crippen molar-refractivity contribution >= 4 is 5.96 Å². The van der Waals surface area contributed by atoms with Crippen LogP contribution in [-0.4, -0.2) is 59.1 Å². The number of nitrogens with one attached hydrogen (secondary N) is 1. The molecule has 0 aliphatic carbocycles. The summed E-state index contributed by atoms with van der Waals surface area (Å²) in [6.45, 7) is 7.23. The number of guanidine groups is 1. The first-order chi connectivity index (χ1) is 13.5. The molecular weight excluding hydrogens is 366 g/mol. The lowest BCUT2D eigenvalue weighted by molar-refractivity contribution is 0.124. The number of hydrogen-bond acceptors (Lipinski definition) is 5. The zero-order valence-corrected chi connectivity index (χ0v) is 16.5. The van der Waals surface area contributed by atoms with E-state index in [9.17, 15) is 8.78 Å². The van der Waals surface area contributed by atoms with Crippen molar-refractivity contribution in [3.8, 4) is 0 Å². The van der Waals surface area contributed by atoms with Gasteiger partial charge in [-0.25, -0.2) is 8.78 Å². The number of aryl methyl sites for hydroxylation is 1. The van der Waals surface area contributed by atoms with Crippen LogP contribution in [0.3, 0.4) is 0 Å². The van der Waals surface area contributed by atoms with E-state index >= 15 is 0 Å². The molecule has 0 radical (unpaired) electrons. The van der Waals surface area contributed by atoms with E-state index in [1.807, 2.05) is 6.92 Å². The van der Waals surface area contributed by atoms with Gasteiger partial charge in [-0.05, 0) is 19.4 Å². The average Bonchev–Trinajstić information content (AvgIpc) is 3.11. The van der Waals surface area contributed by atoms with E-state index < -0.39 is 11.6 Å². The van der Waals surface area contributed by atoms with Gasteiger partial charge in [-0.15, -0.1) is 0 Å². The lowest BCUT2D eigenvalue weighted by Crippen LogP contribution is -2.53. The summed E-state index contributed by atoms with van der Waals surface area (Å²) in [6, 6.07) is 3.76. The Bertz CT molecular complexity index is 817. The molecule has 1 atom stereocenters. The van der Waals surface area contributed by atoms with Crippen LogP contribution >= 0.6 is 0 Å². The largest absolute Gasteiger partial charge is 0.347 e. The van der Waals surface area contributed by atoms with Crippen molar-refractivity contribution in [1.82, 2.24) is 25.3 Å². The predicted octanol–water partition coefficient (Wildman–Crippen LogP) is 2.50. The number of nitrogens with zero attached hydrogens (tertiary/aromatic N) is 5. The Kier molecular flexibility index (Phi) is 6.56. The lowest BCUT2D eigenvalue weighted by atomic mass is 10.0. The number of halogens is 2. The van der Waals surface area contributed by atoms with Crippen molar-refractivity contribution in [1.29, 1.82) is 0 Å². The summed E-state index contributed by atoms with van der Waals surface area (Å²) >= 11 is 0. The molecule has 28 heavy (non-hydrogen) atoms. The van der Waals surface area contributed by atoms with Gasteiger partial charge in [0.05, 0.1) is 6.54 Å². The van der Waals surface area contributed by atoms with Crippen LogP contribution in [0, 0.1) is 18.6 Å². The predicted molar refractivity (Wildman–Crippen MR) is 102 cm³/mol. The Morgan fingerprint density at radius 3 is 2.61 bits per heavy atom. The third-order valence-corrected chi connectivity index (χ3v) is 4.94. The maximum absolute atomic E-state index is 14.2. The van der Waals surface area contributed by atoms with Gasteiger partial charge in [-0.3, -0.25) is 9.89 Å². The fourth-order valence-corrected chi connectivity index (χ4v) is 3.59. The fraction of sp³-hybridized carbons (Fsp3) is 0.526. The van der Waals surface area contributed by atoms with Gasteiger partial charge in [0, 0.05) is 50.9 Å². The molecule has 1 saturated heterocycles. The molecule has 1 fully saturated rings. The summed E-state index contributed by atoms with van der Waals surface area (Å²) in [6.07, 6.45) is 0.756. The molecule has 1 aliphatic heterocycles. The van der Waals surface area contributed by atoms with E-state index in [-0.39, 0.29) is 6.04 Å². The van der Waals surface area contributed by atoms with E-state index in [4.69, 9.17) is 4.52 Å². The minimum atomic E-state index is -0.549. The Balaban J connectivity index is 1.58. The quantitative estimate of drug-likeness (QED) is 0.623. The highest BCUT2D eigenvalue weighted by molar-refractivity contribution is 5.79. The molecule has 7 nitrogen and oxygen atoms in total. The smallest absolute Gasteiger partial charge is 0.246 e. The van der Waals surface area contributed by atoms with Crippen LogP contribution in [0.5, 0.6) is 0 Å². The first-order valence-electron chi connectivity index (χ1n) is 9.45. The number of aliphatic imine (C=N–C) groups is 1. The van der Waals surface area contributed by atoms with Crippen LogP contribution in [0.2, 0.25) is 0 Å². The van der Waals surface area contributed by atoms with E-state index in [0.29, 0.717) is 23.8 Å². The topological polar surface area (TPSA) is 69.8 Å². The van der Waals surface area contributed by atoms with Gasteiger partial charge in [0.2, 0.25) is 5.89 Å². The standard InChI is InChI=1S/C19H26F2N6O/c1-4-17(15-6-5-14(20)11-16(15)21)26-7-9-27(10-8-26)19(22-3)23-12-18-24-13(2)25-28-18/h5-6,11,17H,4,7-10,12H2,1-3H3,(H,22,23). The summed E-state index contributed by atoms with van der Waals surface area (Å²) in [5.74, 6) is 0.833. The Morgan fingerprint density at radius 2 is 2.04 bits per heavy atom. The van der Waals surface area contributed by atoms with Gasteiger partial charge in [-0.1, -0.05) is 18.1 Å². The maximum atomic E-state index is 14.2. The van der Waals surface area contributed by atoms with E-state index in [0.717, 1.165) is 44.6 Å². The van der Waals surface area contributed by atoms with Crippen molar-refractivity contribution in [2.24, 2.45) is 4.99 Å². The molecule has 1 aliphatic rings. The molecule has 1 aromatic carbocycles. The van der Waals surface area contributed by atoms with Crippen LogP contribution in [0.25, 0.3) is 0 Å². The number of hydrogen-bond donors (Lipinski definition) is 1. The summed E-state index contributed by atoms with van der Waals surface area (Å²) in [7, 11) is 1.73. The van der Waals surface area contributed by atoms with Crippen molar-refractivity contribution in [2.75, 3.05) is 33.2 Å². The molecule has 0 spiro atoms. The Morgan fingerprint density at radius 1 is 1.29 bits per heavy atom. The maximum Gasteiger partial charge on any atom is 0.246 e. The van der Waals surface area contributed by atoms with Crippen LogP contribution in [-0.2, 0) is 6.54 Å². The van der Waals surface area contributed by atoms with Crippen molar-refractivity contribution in [2.45, 2.75) is 32.9 Å². The molecule has 1 unspecified atom stereocenters. The van der Waals surface area contributed by atoms with E-state index in [1.165, 1.54) is 6.07 Å². The Hall–Kier alpha value is -2.55. The molecule has 3 rings (SSSR count). The second-order valence-corrected chi connectivity index (χ2v) is 6.75. The lowest BCUT2D eigenvalue weighted by Gasteiger charge is -2.40. The van der Waals surface area contributed by atoms with Gasteiger partial charge < -0.3 is 14.7 Å². The summed E-state index contributed by atoms with van der Waals surface area (Å²) in [5.41, 5.74) is 0.548. The van der Waals surface area contributed by atoms with Gasteiger partial charge in [0.25, 0.3) is 0 Å². The molecule has 1 aromatic heterocycles. The minimum absolute atomic E-state index is 0.0703. The van der Waals surface area contributed by atoms with Gasteiger partial charge >= 0.3 is 0 Å². The Labute approximate surface area is 163 Å². The van der Waals surface area contributed by atoms with Crippen molar-refractivity contribution in [3.63, 3.8) is 0 Å². The number of benzene rings is 1. The normalized spacial score (nSPS) is 17.0. The molecule has 9 heteroatoms. The van der Waals surface area contributed by atoms with Crippen molar-refractivity contribution in [3.05, 3.63) is 47.1 Å². The fourth-order valence-electron chi connectivity index (χ4n) is 3.59. The summed E-state index contributed by atoms with van der Waals surface area (Å²) in [5, 5.41) is 7.01. The molecule has 0 saturated carbocycles. The molecule has 1 N–H and O–H groups in total. The highest BCUT2D eigenvalue weighted by atomic mass is 19.1. The number of rotatable bonds is 5. The number of aromatic nitrogens is 2. The van der Waals surface area contributed by atoms with Gasteiger partial charge in [0.15, 0.2) is 11.8 Å². The average molecular weight is 392 g/mol. The highest BCUT2D eigenvalue weighted by Crippen LogP contribution is 2.28. The summed E-state index contributed by atoms with van der Waals surface area (Å²) < 4.78 is 32.6. The molecule has 2 heterocycles. The molecule has 2 aromatic rings. The minimum Gasteiger partial charge on any atom is -0.347 e. The third kappa shape index (κ3) is 4.64. The van der Waals surface area contributed by atoms with Crippen LogP contribution < -0.4 is 5.32 Å². The van der Waals surface area contributed by atoms with E-state index in [2.05, 4.69) is 30.2 Å². The molecular formula is C19H26F2N6O. The van der Waals surface area contributed by atoms with Gasteiger partial charge in [-0.2, -0.15) is 4.98 Å². The van der Waals surface area contributed by atoms with Gasteiger partial charge in [0.1, 0.15) is 11.6 Å². The first kappa shape index (κ1) is 20.2. The zero-order chi connectivity index (χ0) is 20.1. The monoisotopic (exact) mass is 392 g/mol. The second-order valence-electron chi connectivity index (χ2n) is 6.75. The van der Waals surface area contributed by atoms with E-state index in [1.54, 1.807) is 20.0 Å². The van der Waals surface area contributed by atoms with Crippen molar-refractivity contribution < 1.29 is 13.3 Å². The zero-order valence-electron chi connectivity index (χ0n) is 16.5. The highest BCUT2D eigenvalue weighted by Gasteiger charge is 2.27. The van der Waals surface area contributed by atoms with Crippen LogP contribution in [0.4, 0.5) is 8.78 Å². The number of piperazine rings is 1. The third-order valence-electron chi connectivity index (χ3n) is 4.94. The van der Waals surface area contributed by atoms with Crippen LogP contribution in [0.15, 0.2) is 27.7 Å². The SMILES string of the molecule is CCC(c1ccc(F)cc1F)N1CCN(C(=NC)NCc2nc(C)no2)CC1. The second kappa shape index (κ2) is 9.09. The first-order valence-corrected chi connectivity index (χ1v) is 9.45.